The van der Waals surface area contributed by atoms with Crippen molar-refractivity contribution in [1.82, 2.24) is 4.98 Å². The third-order valence-corrected chi connectivity index (χ3v) is 1.70. The van der Waals surface area contributed by atoms with Gasteiger partial charge in [-0.2, -0.15) is 0 Å². The van der Waals surface area contributed by atoms with Crippen LogP contribution in [0.5, 0.6) is 0 Å². The standard InChI is InChI=1S/C8H8N2.2BrH/c1-10-6-9-7-4-2-3-5-8(7)10;;/h2-6H,1H3;2*1H. The lowest BCUT2D eigenvalue weighted by atomic mass is 10.3. The molecule has 0 aliphatic heterocycles. The molecule has 0 amide bonds. The number of rotatable bonds is 0. The monoisotopic (exact) mass is 292 g/mol. The summed E-state index contributed by atoms with van der Waals surface area (Å²) in [6, 6.07) is 8.22. The predicted molar refractivity (Wildman–Crippen MR) is 49.8 cm³/mol. The van der Waals surface area contributed by atoms with E-state index in [1.165, 1.54) is 11.0 Å². The Labute approximate surface area is 92.1 Å². The van der Waals surface area contributed by atoms with Crippen molar-refractivity contribution in [2.75, 3.05) is 0 Å². The number of fused-ring (bicyclic) bond motifs is 1. The minimum absolute atomic E-state index is 0. The second kappa shape index (κ2) is 4.62. The lowest BCUT2D eigenvalue weighted by Gasteiger charge is -1.82. The van der Waals surface area contributed by atoms with E-state index in [1.54, 1.807) is 0 Å². The van der Waals surface area contributed by atoms with Crippen molar-refractivity contribution >= 4 is 28.0 Å². The van der Waals surface area contributed by atoms with Crippen LogP contribution >= 0.6 is 17.0 Å². The lowest BCUT2D eigenvalue weighted by Crippen LogP contribution is -3.00. The highest BCUT2D eigenvalue weighted by molar-refractivity contribution is 8.93. The Balaban J connectivity index is 0.000000605. The Bertz CT molecular complexity index is 357. The maximum Gasteiger partial charge on any atom is 0.242 e. The maximum atomic E-state index is 3.15. The van der Waals surface area contributed by atoms with E-state index in [-0.39, 0.29) is 34.0 Å². The van der Waals surface area contributed by atoms with Crippen LogP contribution in [0, 0.1) is 0 Å². The van der Waals surface area contributed by atoms with Crippen molar-refractivity contribution in [2.24, 2.45) is 7.05 Å². The van der Waals surface area contributed by atoms with Crippen LogP contribution in [0.15, 0.2) is 30.6 Å². The highest BCUT2D eigenvalue weighted by Gasteiger charge is 2.01. The Morgan fingerprint density at radius 3 is 2.58 bits per heavy atom. The number of benzene rings is 1. The summed E-state index contributed by atoms with van der Waals surface area (Å²) in [7, 11) is 2.03. The molecule has 1 aromatic heterocycles. The number of nitrogens with one attached hydrogen (secondary N) is 1. The molecule has 0 unspecified atom stereocenters. The van der Waals surface area contributed by atoms with E-state index in [0.717, 1.165) is 0 Å². The summed E-state index contributed by atoms with van der Waals surface area (Å²) in [6.45, 7) is 0. The van der Waals surface area contributed by atoms with Gasteiger partial charge >= 0.3 is 0 Å². The van der Waals surface area contributed by atoms with Crippen molar-refractivity contribution < 1.29 is 21.5 Å². The van der Waals surface area contributed by atoms with E-state index >= 15 is 0 Å². The normalized spacial score (nSPS) is 8.75. The number of imidazole rings is 1. The van der Waals surface area contributed by atoms with Gasteiger partial charge in [-0.3, -0.25) is 0 Å². The third-order valence-electron chi connectivity index (χ3n) is 1.70. The Kier molecular flexibility index (Phi) is 4.49. The summed E-state index contributed by atoms with van der Waals surface area (Å²) in [5.74, 6) is 0. The average molecular weight is 294 g/mol. The predicted octanol–water partition coefficient (Wildman–Crippen LogP) is -1.43. The van der Waals surface area contributed by atoms with Crippen LogP contribution in [0.25, 0.3) is 11.0 Å². The summed E-state index contributed by atoms with van der Waals surface area (Å²) in [6.07, 6.45) is 1.95. The first-order valence-corrected chi connectivity index (χ1v) is 3.30. The van der Waals surface area contributed by atoms with Crippen LogP contribution in [0.2, 0.25) is 0 Å². The zero-order valence-electron chi connectivity index (χ0n) is 6.62. The lowest BCUT2D eigenvalue weighted by molar-refractivity contribution is -0.644. The summed E-state index contributed by atoms with van der Waals surface area (Å²) >= 11 is 0. The minimum atomic E-state index is 0. The molecular weight excluding hydrogens is 284 g/mol. The van der Waals surface area contributed by atoms with Gasteiger partial charge in [0.15, 0.2) is 11.0 Å². The molecule has 2 rings (SSSR count). The third kappa shape index (κ3) is 1.87. The summed E-state index contributed by atoms with van der Waals surface area (Å²) in [5.41, 5.74) is 2.42. The maximum absolute atomic E-state index is 3.15. The molecule has 0 fully saturated rings. The van der Waals surface area contributed by atoms with Gasteiger partial charge in [-0.25, -0.2) is 9.55 Å². The first kappa shape index (κ1) is 11.6. The molecule has 12 heavy (non-hydrogen) atoms. The molecule has 2 aromatic rings. The van der Waals surface area contributed by atoms with E-state index in [0.29, 0.717) is 0 Å². The van der Waals surface area contributed by atoms with Crippen molar-refractivity contribution in [2.45, 2.75) is 0 Å². The van der Waals surface area contributed by atoms with Gasteiger partial charge < -0.3 is 17.0 Å². The Hall–Kier alpha value is -0.350. The molecule has 2 nitrogen and oxygen atoms in total. The highest BCUT2D eigenvalue weighted by atomic mass is 79.9. The van der Waals surface area contributed by atoms with Gasteiger partial charge in [-0.15, -0.1) is 17.0 Å². The number of para-hydroxylation sites is 2. The van der Waals surface area contributed by atoms with Gasteiger partial charge in [-0.1, -0.05) is 12.1 Å². The molecule has 66 valence electrons. The van der Waals surface area contributed by atoms with E-state index in [2.05, 4.69) is 21.7 Å². The van der Waals surface area contributed by atoms with Crippen molar-refractivity contribution in [3.63, 3.8) is 0 Å². The number of aryl methyl sites for hydroxylation is 1. The zero-order chi connectivity index (χ0) is 6.97. The molecule has 0 saturated heterocycles. The molecular formula is C8H10Br2N2. The van der Waals surface area contributed by atoms with Crippen LogP contribution in [-0.4, -0.2) is 4.98 Å². The van der Waals surface area contributed by atoms with E-state index in [9.17, 15) is 0 Å². The summed E-state index contributed by atoms with van der Waals surface area (Å²) < 4.78 is 2.06. The number of H-pyrrole nitrogens is 1. The number of hydrogen-bond donors (Lipinski definition) is 1. The van der Waals surface area contributed by atoms with Gasteiger partial charge in [0, 0.05) is 0 Å². The molecule has 1 aromatic carbocycles. The van der Waals surface area contributed by atoms with E-state index in [4.69, 9.17) is 0 Å². The molecule has 0 bridgehead atoms. The Morgan fingerprint density at radius 2 is 1.92 bits per heavy atom. The van der Waals surface area contributed by atoms with E-state index in [1.807, 2.05) is 25.5 Å². The van der Waals surface area contributed by atoms with Crippen LogP contribution in [0.4, 0.5) is 0 Å². The molecule has 4 heteroatoms. The topological polar surface area (TPSA) is 19.7 Å². The van der Waals surface area contributed by atoms with Gasteiger partial charge in [0.1, 0.15) is 0 Å². The van der Waals surface area contributed by atoms with E-state index < -0.39 is 0 Å². The number of hydrogen-bond acceptors (Lipinski definition) is 0. The van der Waals surface area contributed by atoms with Gasteiger partial charge in [-0.05, 0) is 12.1 Å². The van der Waals surface area contributed by atoms with Crippen molar-refractivity contribution in [1.29, 1.82) is 0 Å². The molecule has 0 saturated carbocycles. The highest BCUT2D eigenvalue weighted by Crippen LogP contribution is 2.03. The summed E-state index contributed by atoms with van der Waals surface area (Å²) in [5, 5.41) is 0. The zero-order valence-corrected chi connectivity index (χ0v) is 9.92. The van der Waals surface area contributed by atoms with Gasteiger partial charge in [0.25, 0.3) is 0 Å². The number of aromatic nitrogens is 2. The van der Waals surface area contributed by atoms with Gasteiger partial charge in [0.05, 0.1) is 7.05 Å². The molecule has 1 heterocycles. The molecule has 0 atom stereocenters. The Morgan fingerprint density at radius 1 is 1.25 bits per heavy atom. The quantitative estimate of drug-likeness (QED) is 0.575. The first-order valence-electron chi connectivity index (χ1n) is 3.30. The first-order chi connectivity index (χ1) is 4.88. The largest absolute Gasteiger partial charge is 1.00 e. The number of aromatic amines is 1. The second-order valence-corrected chi connectivity index (χ2v) is 2.40. The average Bonchev–Trinajstić information content (AvgIpc) is 2.34. The van der Waals surface area contributed by atoms with Crippen LogP contribution in [-0.2, 0) is 7.05 Å². The van der Waals surface area contributed by atoms with Crippen LogP contribution < -0.4 is 21.5 Å². The second-order valence-electron chi connectivity index (χ2n) is 2.40. The molecule has 0 radical (unpaired) electrons. The summed E-state index contributed by atoms with van der Waals surface area (Å²) in [4.78, 5) is 3.15. The fourth-order valence-corrected chi connectivity index (χ4v) is 1.14. The molecule has 0 spiro atoms. The minimum Gasteiger partial charge on any atom is -1.00 e. The fraction of sp³-hybridized carbons (Fsp3) is 0.125. The molecule has 0 aliphatic rings. The smallest absolute Gasteiger partial charge is 0.242 e. The number of nitrogens with zero attached hydrogens (tertiary/aromatic N) is 1. The number of halogens is 2. The fourth-order valence-electron chi connectivity index (χ4n) is 1.14. The van der Waals surface area contributed by atoms with Crippen molar-refractivity contribution in [3.05, 3.63) is 30.6 Å². The van der Waals surface area contributed by atoms with Crippen molar-refractivity contribution in [3.8, 4) is 0 Å². The van der Waals surface area contributed by atoms with Crippen LogP contribution in [0.3, 0.4) is 0 Å². The van der Waals surface area contributed by atoms with Crippen LogP contribution in [0.1, 0.15) is 0 Å². The van der Waals surface area contributed by atoms with Gasteiger partial charge in [0.2, 0.25) is 6.33 Å². The SMILES string of the molecule is Br.C[n+]1c[nH]c2ccccc21.[Br-]. The molecule has 0 aliphatic carbocycles. The molecule has 1 N–H and O–H groups in total.